The Balaban J connectivity index is 1.70. The maximum Gasteiger partial charge on any atom is 0.106 e. The largest absolute Gasteiger partial charge is 0.399 e. The van der Waals surface area contributed by atoms with Crippen molar-refractivity contribution >= 4 is 17.0 Å². The Morgan fingerprint density at radius 3 is 2.75 bits per heavy atom. The third kappa shape index (κ3) is 3.32. The number of hydrogen-bond acceptors (Lipinski definition) is 4. The first-order valence-corrected chi connectivity index (χ1v) is 6.16. The first-order valence-electron chi connectivity index (χ1n) is 5.28. The molecular weight excluding hydrogens is 218 g/mol. The van der Waals surface area contributed by atoms with Gasteiger partial charge in [-0.05, 0) is 30.7 Å². The molecule has 1 aromatic carbocycles. The predicted molar refractivity (Wildman–Crippen MR) is 68.4 cm³/mol. The number of aromatic nitrogens is 1. The van der Waals surface area contributed by atoms with Crippen LogP contribution in [0.4, 0.5) is 5.69 Å². The second-order valence-corrected chi connectivity index (χ2v) is 4.57. The van der Waals surface area contributed by atoms with Crippen LogP contribution in [0, 0.1) is 0 Å². The third-order valence-electron chi connectivity index (χ3n) is 2.33. The molecule has 0 bridgehead atoms. The molecule has 0 radical (unpaired) electrons. The molecule has 0 amide bonds. The second kappa shape index (κ2) is 5.63. The fraction of sp³-hybridized carbons (Fsp3) is 0.250. The Labute approximate surface area is 99.3 Å². The zero-order valence-corrected chi connectivity index (χ0v) is 9.83. The zero-order chi connectivity index (χ0) is 11.2. The summed E-state index contributed by atoms with van der Waals surface area (Å²) < 4.78 is 0. The Morgan fingerprint density at radius 1 is 1.25 bits per heavy atom. The lowest BCUT2D eigenvalue weighted by molar-refractivity contribution is 0.684. The lowest BCUT2D eigenvalue weighted by atomic mass is 10.1. The van der Waals surface area contributed by atoms with Gasteiger partial charge < -0.3 is 11.1 Å². The number of nitrogen functional groups attached to an aromatic ring is 1. The van der Waals surface area contributed by atoms with Crippen molar-refractivity contribution in [2.75, 3.05) is 12.3 Å². The molecule has 16 heavy (non-hydrogen) atoms. The van der Waals surface area contributed by atoms with Crippen LogP contribution in [-0.2, 0) is 13.0 Å². The molecule has 4 heteroatoms. The van der Waals surface area contributed by atoms with Crippen LogP contribution in [0.5, 0.6) is 0 Å². The fourth-order valence-electron chi connectivity index (χ4n) is 1.45. The molecule has 1 heterocycles. The minimum Gasteiger partial charge on any atom is -0.399 e. The highest BCUT2D eigenvalue weighted by Gasteiger charge is 1.95. The van der Waals surface area contributed by atoms with Crippen molar-refractivity contribution in [3.8, 4) is 0 Å². The standard InChI is InChI=1S/C12H15N3S/c13-11-3-1-10(2-4-11)5-6-14-9-12-15-7-8-16-12/h1-4,7-8,14H,5-6,9,13H2. The van der Waals surface area contributed by atoms with Crippen LogP contribution in [0.2, 0.25) is 0 Å². The van der Waals surface area contributed by atoms with Crippen LogP contribution < -0.4 is 11.1 Å². The average molecular weight is 233 g/mol. The molecule has 0 saturated carbocycles. The van der Waals surface area contributed by atoms with Crippen molar-refractivity contribution in [3.05, 3.63) is 46.4 Å². The number of nitrogens with zero attached hydrogens (tertiary/aromatic N) is 1. The highest BCUT2D eigenvalue weighted by Crippen LogP contribution is 2.06. The van der Waals surface area contributed by atoms with Crippen LogP contribution >= 0.6 is 11.3 Å². The Bertz CT molecular complexity index is 408. The highest BCUT2D eigenvalue weighted by atomic mass is 32.1. The minimum absolute atomic E-state index is 0.819. The monoisotopic (exact) mass is 233 g/mol. The summed E-state index contributed by atoms with van der Waals surface area (Å²) in [5.74, 6) is 0. The fourth-order valence-corrected chi connectivity index (χ4v) is 2.04. The van der Waals surface area contributed by atoms with Gasteiger partial charge in [0, 0.05) is 23.8 Å². The number of anilines is 1. The van der Waals surface area contributed by atoms with E-state index in [9.17, 15) is 0 Å². The normalized spacial score (nSPS) is 10.5. The van der Waals surface area contributed by atoms with E-state index in [1.54, 1.807) is 11.3 Å². The van der Waals surface area contributed by atoms with Crippen LogP contribution in [0.25, 0.3) is 0 Å². The van der Waals surface area contributed by atoms with E-state index in [1.165, 1.54) is 5.56 Å². The van der Waals surface area contributed by atoms with E-state index in [-0.39, 0.29) is 0 Å². The first kappa shape index (κ1) is 11.1. The Kier molecular flexibility index (Phi) is 3.91. The third-order valence-corrected chi connectivity index (χ3v) is 3.11. The summed E-state index contributed by atoms with van der Waals surface area (Å²) >= 11 is 1.68. The molecule has 0 aliphatic carbocycles. The first-order chi connectivity index (χ1) is 7.84. The van der Waals surface area contributed by atoms with E-state index in [0.29, 0.717) is 0 Å². The summed E-state index contributed by atoms with van der Waals surface area (Å²) in [5, 5.41) is 6.50. The van der Waals surface area contributed by atoms with Gasteiger partial charge in [0.25, 0.3) is 0 Å². The van der Waals surface area contributed by atoms with Crippen LogP contribution in [0.3, 0.4) is 0 Å². The molecule has 0 atom stereocenters. The van der Waals surface area contributed by atoms with Crippen molar-refractivity contribution in [3.63, 3.8) is 0 Å². The van der Waals surface area contributed by atoms with Crippen molar-refractivity contribution < 1.29 is 0 Å². The van der Waals surface area contributed by atoms with E-state index in [0.717, 1.165) is 30.2 Å². The lowest BCUT2D eigenvalue weighted by Crippen LogP contribution is -2.16. The van der Waals surface area contributed by atoms with E-state index in [4.69, 9.17) is 5.73 Å². The maximum atomic E-state index is 5.62. The Morgan fingerprint density at radius 2 is 2.06 bits per heavy atom. The minimum atomic E-state index is 0.819. The van der Waals surface area contributed by atoms with Gasteiger partial charge in [-0.1, -0.05) is 12.1 Å². The molecule has 84 valence electrons. The summed E-state index contributed by atoms with van der Waals surface area (Å²) in [4.78, 5) is 4.21. The zero-order valence-electron chi connectivity index (χ0n) is 9.02. The quantitative estimate of drug-likeness (QED) is 0.614. The maximum absolute atomic E-state index is 5.62. The molecule has 3 nitrogen and oxygen atoms in total. The number of rotatable bonds is 5. The van der Waals surface area contributed by atoms with Crippen molar-refractivity contribution in [1.29, 1.82) is 0 Å². The van der Waals surface area contributed by atoms with Crippen LogP contribution in [-0.4, -0.2) is 11.5 Å². The number of benzene rings is 1. The van der Waals surface area contributed by atoms with E-state index in [1.807, 2.05) is 23.7 Å². The number of nitrogens with two attached hydrogens (primary N) is 1. The van der Waals surface area contributed by atoms with Gasteiger partial charge in [-0.2, -0.15) is 0 Å². The van der Waals surface area contributed by atoms with Crippen molar-refractivity contribution in [1.82, 2.24) is 10.3 Å². The summed E-state index contributed by atoms with van der Waals surface area (Å²) in [6, 6.07) is 8.02. The van der Waals surface area contributed by atoms with Gasteiger partial charge in [0.05, 0.1) is 0 Å². The molecule has 0 unspecified atom stereocenters. The van der Waals surface area contributed by atoms with Crippen molar-refractivity contribution in [2.45, 2.75) is 13.0 Å². The molecule has 0 aliphatic rings. The molecule has 0 spiro atoms. The van der Waals surface area contributed by atoms with E-state index < -0.39 is 0 Å². The van der Waals surface area contributed by atoms with Gasteiger partial charge >= 0.3 is 0 Å². The summed E-state index contributed by atoms with van der Waals surface area (Å²) in [6.45, 7) is 1.82. The van der Waals surface area contributed by atoms with Crippen molar-refractivity contribution in [2.24, 2.45) is 0 Å². The summed E-state index contributed by atoms with van der Waals surface area (Å²) in [7, 11) is 0. The molecule has 0 aliphatic heterocycles. The second-order valence-electron chi connectivity index (χ2n) is 3.59. The number of thiazole rings is 1. The summed E-state index contributed by atoms with van der Waals surface area (Å²) in [5.41, 5.74) is 7.75. The lowest BCUT2D eigenvalue weighted by Gasteiger charge is -2.03. The van der Waals surface area contributed by atoms with Crippen LogP contribution in [0.1, 0.15) is 10.6 Å². The van der Waals surface area contributed by atoms with Gasteiger partial charge in [0.1, 0.15) is 5.01 Å². The van der Waals surface area contributed by atoms with Gasteiger partial charge in [0.2, 0.25) is 0 Å². The highest BCUT2D eigenvalue weighted by molar-refractivity contribution is 7.09. The number of hydrogen-bond donors (Lipinski definition) is 2. The van der Waals surface area contributed by atoms with E-state index in [2.05, 4.69) is 22.4 Å². The predicted octanol–water partition coefficient (Wildman–Crippen LogP) is 2.06. The molecule has 2 rings (SSSR count). The van der Waals surface area contributed by atoms with Gasteiger partial charge in [-0.25, -0.2) is 4.98 Å². The van der Waals surface area contributed by atoms with E-state index >= 15 is 0 Å². The summed E-state index contributed by atoms with van der Waals surface area (Å²) in [6.07, 6.45) is 2.85. The number of nitrogens with one attached hydrogen (secondary N) is 1. The molecule has 0 saturated heterocycles. The topological polar surface area (TPSA) is 50.9 Å². The molecule has 3 N–H and O–H groups in total. The van der Waals surface area contributed by atoms with Gasteiger partial charge in [-0.3, -0.25) is 0 Å². The smallest absolute Gasteiger partial charge is 0.106 e. The molecule has 2 aromatic rings. The molecule has 0 fully saturated rings. The molecule has 1 aromatic heterocycles. The SMILES string of the molecule is Nc1ccc(CCNCc2nccs2)cc1. The average Bonchev–Trinajstić information content (AvgIpc) is 2.80. The van der Waals surface area contributed by atoms with Gasteiger partial charge in [0.15, 0.2) is 0 Å². The van der Waals surface area contributed by atoms with Gasteiger partial charge in [-0.15, -0.1) is 11.3 Å². The Hall–Kier alpha value is -1.39. The molecular formula is C12H15N3S. The van der Waals surface area contributed by atoms with Crippen LogP contribution in [0.15, 0.2) is 35.8 Å².